The molecule has 27 heavy (non-hydrogen) atoms. The summed E-state index contributed by atoms with van der Waals surface area (Å²) < 4.78 is 78.9. The molecule has 2 aromatic rings. The van der Waals surface area contributed by atoms with E-state index in [1.165, 1.54) is 0 Å². The lowest BCUT2D eigenvalue weighted by Gasteiger charge is -2.15. The van der Waals surface area contributed by atoms with Crippen molar-refractivity contribution in [3.05, 3.63) is 67.8 Å². The number of hydrogen-bond acceptors (Lipinski definition) is 5. The Kier molecular flexibility index (Phi) is 5.35. The molecule has 0 N–H and O–H groups in total. The van der Waals surface area contributed by atoms with Gasteiger partial charge < -0.3 is 0 Å². The zero-order valence-electron chi connectivity index (χ0n) is 12.7. The zero-order chi connectivity index (χ0) is 20.6. The second-order valence-electron chi connectivity index (χ2n) is 4.97. The first-order valence-electron chi connectivity index (χ1n) is 6.70. The molecule has 0 heterocycles. The predicted octanol–water partition coefficient (Wildman–Crippen LogP) is 5.69. The molecule has 0 amide bonds. The number of rotatable bonds is 4. The Morgan fingerprint density at radius 1 is 0.704 bits per heavy atom. The fourth-order valence-electron chi connectivity index (χ4n) is 2.00. The number of nitro benzene ring substituents is 2. The molecule has 0 saturated heterocycles. The van der Waals surface area contributed by atoms with Gasteiger partial charge in [-0.1, -0.05) is 11.8 Å². The third-order valence-corrected chi connectivity index (χ3v) is 4.33. The standard InChI is InChI=1S/C14H6F6N2O4S/c15-13(16,17)9-5-7(21(23)24)1-3-11(9)27-12-4-2-8(22(25)26)6-10(12)14(18,19)20/h1-6H. The summed E-state index contributed by atoms with van der Waals surface area (Å²) in [6.07, 6.45) is -10.1. The first-order valence-corrected chi connectivity index (χ1v) is 7.51. The van der Waals surface area contributed by atoms with E-state index in [1.807, 2.05) is 0 Å². The molecule has 0 aromatic heterocycles. The fourth-order valence-corrected chi connectivity index (χ4v) is 3.08. The van der Waals surface area contributed by atoms with E-state index < -0.39 is 54.5 Å². The molecule has 0 aliphatic rings. The summed E-state index contributed by atoms with van der Waals surface area (Å²) in [5.74, 6) is 0. The summed E-state index contributed by atoms with van der Waals surface area (Å²) in [6.45, 7) is 0. The van der Waals surface area contributed by atoms with Crippen molar-refractivity contribution in [1.29, 1.82) is 0 Å². The molecular weight excluding hydrogens is 406 g/mol. The van der Waals surface area contributed by atoms with Crippen LogP contribution in [0, 0.1) is 20.2 Å². The molecule has 0 fully saturated rings. The highest BCUT2D eigenvalue weighted by Crippen LogP contribution is 2.45. The van der Waals surface area contributed by atoms with Crippen LogP contribution in [0.3, 0.4) is 0 Å². The molecule has 6 nitrogen and oxygen atoms in total. The molecule has 2 aromatic carbocycles. The van der Waals surface area contributed by atoms with Crippen LogP contribution in [0.15, 0.2) is 46.2 Å². The lowest BCUT2D eigenvalue weighted by Crippen LogP contribution is -2.09. The second-order valence-corrected chi connectivity index (χ2v) is 6.06. The largest absolute Gasteiger partial charge is 0.417 e. The fraction of sp³-hybridized carbons (Fsp3) is 0.143. The van der Waals surface area contributed by atoms with Crippen LogP contribution in [-0.2, 0) is 12.4 Å². The molecule has 0 bridgehead atoms. The maximum atomic E-state index is 13.2. The number of nitro groups is 2. The van der Waals surface area contributed by atoms with Crippen LogP contribution in [0.1, 0.15) is 11.1 Å². The number of non-ortho nitro benzene ring substituents is 2. The van der Waals surface area contributed by atoms with Crippen LogP contribution in [0.5, 0.6) is 0 Å². The van der Waals surface area contributed by atoms with E-state index in [1.54, 1.807) is 0 Å². The Hall–Kier alpha value is -2.83. The highest BCUT2D eigenvalue weighted by molar-refractivity contribution is 7.99. The van der Waals surface area contributed by atoms with E-state index in [0.29, 0.717) is 12.1 Å². The van der Waals surface area contributed by atoms with Crippen molar-refractivity contribution in [2.75, 3.05) is 0 Å². The smallest absolute Gasteiger partial charge is 0.258 e. The van der Waals surface area contributed by atoms with E-state index in [-0.39, 0.29) is 23.9 Å². The Morgan fingerprint density at radius 2 is 1.04 bits per heavy atom. The normalized spacial score (nSPS) is 12.1. The molecule has 0 spiro atoms. The van der Waals surface area contributed by atoms with E-state index in [2.05, 4.69) is 0 Å². The SMILES string of the molecule is O=[N+]([O-])c1ccc(Sc2ccc([N+](=O)[O-])cc2C(F)(F)F)c(C(F)(F)F)c1. The predicted molar refractivity (Wildman–Crippen MR) is 80.3 cm³/mol. The van der Waals surface area contributed by atoms with Gasteiger partial charge in [0, 0.05) is 34.1 Å². The molecule has 0 aliphatic heterocycles. The van der Waals surface area contributed by atoms with Gasteiger partial charge in [0.1, 0.15) is 0 Å². The van der Waals surface area contributed by atoms with Crippen molar-refractivity contribution in [3.63, 3.8) is 0 Å². The molecule has 0 aliphatic carbocycles. The first kappa shape index (κ1) is 20.5. The molecule has 0 unspecified atom stereocenters. The van der Waals surface area contributed by atoms with Crippen molar-refractivity contribution in [1.82, 2.24) is 0 Å². The van der Waals surface area contributed by atoms with E-state index >= 15 is 0 Å². The van der Waals surface area contributed by atoms with Crippen molar-refractivity contribution >= 4 is 23.1 Å². The summed E-state index contributed by atoms with van der Waals surface area (Å²) in [5, 5.41) is 21.3. The minimum atomic E-state index is -5.06. The van der Waals surface area contributed by atoms with Crippen LogP contribution in [0.25, 0.3) is 0 Å². The first-order chi connectivity index (χ1) is 12.3. The van der Waals surface area contributed by atoms with E-state index in [4.69, 9.17) is 0 Å². The third kappa shape index (κ3) is 4.67. The summed E-state index contributed by atoms with van der Waals surface area (Å²) >= 11 is 0.0502. The summed E-state index contributed by atoms with van der Waals surface area (Å²) in [5.41, 5.74) is -4.75. The maximum Gasteiger partial charge on any atom is 0.417 e. The number of benzene rings is 2. The van der Waals surface area contributed by atoms with Crippen molar-refractivity contribution in [2.24, 2.45) is 0 Å². The number of nitrogens with zero attached hydrogens (tertiary/aromatic N) is 2. The van der Waals surface area contributed by atoms with Gasteiger partial charge in [0.15, 0.2) is 0 Å². The lowest BCUT2D eigenvalue weighted by atomic mass is 10.2. The molecule has 0 atom stereocenters. The lowest BCUT2D eigenvalue weighted by molar-refractivity contribution is -0.385. The number of alkyl halides is 6. The topological polar surface area (TPSA) is 86.3 Å². The van der Waals surface area contributed by atoms with Gasteiger partial charge in [-0.3, -0.25) is 20.2 Å². The Bertz CT molecular complexity index is 840. The van der Waals surface area contributed by atoms with Crippen molar-refractivity contribution in [2.45, 2.75) is 22.1 Å². The molecular formula is C14H6F6N2O4S. The second kappa shape index (κ2) is 7.06. The van der Waals surface area contributed by atoms with Crippen LogP contribution in [-0.4, -0.2) is 9.85 Å². The van der Waals surface area contributed by atoms with Crippen molar-refractivity contribution < 1.29 is 36.2 Å². The van der Waals surface area contributed by atoms with Gasteiger partial charge in [-0.15, -0.1) is 0 Å². The minimum absolute atomic E-state index is 0.0502. The Morgan fingerprint density at radius 3 is 1.30 bits per heavy atom. The quantitative estimate of drug-likeness (QED) is 0.366. The summed E-state index contributed by atoms with van der Waals surface area (Å²) in [7, 11) is 0. The van der Waals surface area contributed by atoms with Gasteiger partial charge in [0.2, 0.25) is 0 Å². The summed E-state index contributed by atoms with van der Waals surface area (Å²) in [4.78, 5) is 17.7. The van der Waals surface area contributed by atoms with Gasteiger partial charge in [0.05, 0.1) is 21.0 Å². The zero-order valence-corrected chi connectivity index (χ0v) is 13.5. The van der Waals surface area contributed by atoms with Crippen LogP contribution in [0.4, 0.5) is 37.7 Å². The Labute approximate surface area is 150 Å². The van der Waals surface area contributed by atoms with E-state index in [0.717, 1.165) is 12.1 Å². The Balaban J connectivity index is 2.60. The molecule has 0 saturated carbocycles. The minimum Gasteiger partial charge on any atom is -0.258 e. The number of halogens is 6. The molecule has 0 radical (unpaired) electrons. The third-order valence-electron chi connectivity index (χ3n) is 3.18. The average Bonchev–Trinajstić information content (AvgIpc) is 2.53. The molecule has 2 rings (SSSR count). The van der Waals surface area contributed by atoms with Crippen molar-refractivity contribution in [3.8, 4) is 0 Å². The van der Waals surface area contributed by atoms with Gasteiger partial charge in [-0.2, -0.15) is 26.3 Å². The summed E-state index contributed by atoms with van der Waals surface area (Å²) in [6, 6.07) is 3.20. The van der Waals surface area contributed by atoms with Gasteiger partial charge in [-0.25, -0.2) is 0 Å². The highest BCUT2D eigenvalue weighted by Gasteiger charge is 2.38. The van der Waals surface area contributed by atoms with Crippen LogP contribution in [0.2, 0.25) is 0 Å². The van der Waals surface area contributed by atoms with Gasteiger partial charge in [0.25, 0.3) is 11.4 Å². The van der Waals surface area contributed by atoms with Crippen LogP contribution < -0.4 is 0 Å². The van der Waals surface area contributed by atoms with E-state index in [9.17, 15) is 46.6 Å². The van der Waals surface area contributed by atoms with Gasteiger partial charge in [-0.05, 0) is 12.1 Å². The van der Waals surface area contributed by atoms with Crippen LogP contribution >= 0.6 is 11.8 Å². The van der Waals surface area contributed by atoms with Gasteiger partial charge >= 0.3 is 12.4 Å². The average molecular weight is 412 g/mol. The molecule has 144 valence electrons. The number of hydrogen-bond donors (Lipinski definition) is 0. The molecule has 13 heteroatoms. The highest BCUT2D eigenvalue weighted by atomic mass is 32.2. The monoisotopic (exact) mass is 412 g/mol. The maximum absolute atomic E-state index is 13.2.